The van der Waals surface area contributed by atoms with Crippen LogP contribution in [0.2, 0.25) is 0 Å². The third-order valence-corrected chi connectivity index (χ3v) is 2.71. The van der Waals surface area contributed by atoms with Gasteiger partial charge in [0.25, 0.3) is 0 Å². The Balaban J connectivity index is 2.30. The number of aliphatic hydroxyl groups is 1. The van der Waals surface area contributed by atoms with E-state index >= 15 is 0 Å². The minimum Gasteiger partial charge on any atom is -0.394 e. The molecule has 13 heavy (non-hydrogen) atoms. The van der Waals surface area contributed by atoms with Crippen molar-refractivity contribution >= 4 is 0 Å². The Morgan fingerprint density at radius 1 is 1.38 bits per heavy atom. The van der Waals surface area contributed by atoms with Crippen LogP contribution in [0.4, 0.5) is 0 Å². The first kappa shape index (κ1) is 11.0. The first-order chi connectivity index (χ1) is 6.06. The van der Waals surface area contributed by atoms with Crippen molar-refractivity contribution in [3.05, 3.63) is 5.92 Å². The van der Waals surface area contributed by atoms with Gasteiger partial charge in [-0.2, -0.15) is 0 Å². The summed E-state index contributed by atoms with van der Waals surface area (Å²) in [5, 5.41) is 9.07. The molecule has 0 unspecified atom stereocenters. The Bertz CT molecular complexity index is 151. The van der Waals surface area contributed by atoms with Crippen molar-refractivity contribution < 1.29 is 5.11 Å². The molecule has 3 heteroatoms. The van der Waals surface area contributed by atoms with Crippen LogP contribution in [0.1, 0.15) is 26.7 Å². The number of nitrogens with zero attached hydrogens (tertiary/aromatic N) is 1. The molecule has 1 aliphatic rings. The summed E-state index contributed by atoms with van der Waals surface area (Å²) >= 11 is 0. The van der Waals surface area contributed by atoms with Crippen molar-refractivity contribution in [2.75, 3.05) is 26.2 Å². The lowest BCUT2D eigenvalue weighted by atomic mass is 9.89. The van der Waals surface area contributed by atoms with Crippen LogP contribution < -0.4 is 5.73 Å². The van der Waals surface area contributed by atoms with Crippen LogP contribution in [0.5, 0.6) is 0 Å². The average molecular weight is 185 g/mol. The van der Waals surface area contributed by atoms with Crippen LogP contribution in [-0.2, 0) is 0 Å². The average Bonchev–Trinajstić information content (AvgIpc) is 2.09. The van der Waals surface area contributed by atoms with E-state index in [2.05, 4.69) is 18.7 Å². The standard InChI is InChI=1S/C10H21N2O/c1-9(2)7-12-5-3-10(11,8-13)4-6-12/h13H,3-8,11H2,1-2H3. The Hall–Kier alpha value is -0.120. The van der Waals surface area contributed by atoms with E-state index in [0.29, 0.717) is 0 Å². The summed E-state index contributed by atoms with van der Waals surface area (Å²) in [4.78, 5) is 2.40. The highest BCUT2D eigenvalue weighted by molar-refractivity contribution is 4.92. The van der Waals surface area contributed by atoms with Gasteiger partial charge in [-0.3, -0.25) is 0 Å². The van der Waals surface area contributed by atoms with Gasteiger partial charge in [0.15, 0.2) is 0 Å². The van der Waals surface area contributed by atoms with E-state index in [1.54, 1.807) is 0 Å². The number of aliphatic hydroxyl groups excluding tert-OH is 1. The SMILES string of the molecule is C[C](C)CN1CCC(N)(CO)CC1. The zero-order chi connectivity index (χ0) is 9.90. The van der Waals surface area contributed by atoms with Crippen molar-refractivity contribution in [3.63, 3.8) is 0 Å². The summed E-state index contributed by atoms with van der Waals surface area (Å²) in [6.07, 6.45) is 1.83. The van der Waals surface area contributed by atoms with Crippen LogP contribution in [0, 0.1) is 5.92 Å². The minimum atomic E-state index is -0.307. The molecule has 3 nitrogen and oxygen atoms in total. The minimum absolute atomic E-state index is 0.121. The van der Waals surface area contributed by atoms with Crippen molar-refractivity contribution in [3.8, 4) is 0 Å². The smallest absolute Gasteiger partial charge is 0.0612 e. The third kappa shape index (κ3) is 3.25. The second kappa shape index (κ2) is 4.40. The van der Waals surface area contributed by atoms with Gasteiger partial charge in [0.1, 0.15) is 0 Å². The van der Waals surface area contributed by atoms with E-state index in [1.165, 1.54) is 5.92 Å². The lowest BCUT2D eigenvalue weighted by Gasteiger charge is -2.38. The first-order valence-corrected chi connectivity index (χ1v) is 4.97. The van der Waals surface area contributed by atoms with Crippen molar-refractivity contribution in [1.82, 2.24) is 4.90 Å². The Morgan fingerprint density at radius 3 is 2.31 bits per heavy atom. The van der Waals surface area contributed by atoms with Gasteiger partial charge in [-0.15, -0.1) is 0 Å². The summed E-state index contributed by atoms with van der Waals surface area (Å²) in [6, 6.07) is 0. The maximum atomic E-state index is 9.07. The summed E-state index contributed by atoms with van der Waals surface area (Å²) in [5.41, 5.74) is 5.66. The van der Waals surface area contributed by atoms with Gasteiger partial charge in [0.2, 0.25) is 0 Å². The van der Waals surface area contributed by atoms with Gasteiger partial charge in [-0.25, -0.2) is 0 Å². The lowest BCUT2D eigenvalue weighted by Crippen LogP contribution is -2.53. The van der Waals surface area contributed by atoms with Crippen LogP contribution in [0.25, 0.3) is 0 Å². The predicted molar refractivity (Wildman–Crippen MR) is 54.3 cm³/mol. The third-order valence-electron chi connectivity index (χ3n) is 2.71. The topological polar surface area (TPSA) is 49.5 Å². The Kier molecular flexibility index (Phi) is 3.71. The molecule has 1 rings (SSSR count). The van der Waals surface area contributed by atoms with E-state index in [9.17, 15) is 0 Å². The molecule has 0 atom stereocenters. The molecule has 1 radical (unpaired) electrons. The number of hydrogen-bond donors (Lipinski definition) is 2. The lowest BCUT2D eigenvalue weighted by molar-refractivity contribution is 0.108. The number of likely N-dealkylation sites (tertiary alicyclic amines) is 1. The molecule has 0 aromatic rings. The second-order valence-electron chi connectivity index (χ2n) is 4.50. The molecule has 1 aliphatic heterocycles. The molecule has 0 aromatic carbocycles. The maximum Gasteiger partial charge on any atom is 0.0612 e. The van der Waals surface area contributed by atoms with E-state index < -0.39 is 0 Å². The molecule has 0 amide bonds. The molecule has 0 aliphatic carbocycles. The highest BCUT2D eigenvalue weighted by atomic mass is 16.3. The summed E-state index contributed by atoms with van der Waals surface area (Å²) < 4.78 is 0. The molecule has 0 aromatic heterocycles. The second-order valence-corrected chi connectivity index (χ2v) is 4.50. The molecular weight excluding hydrogens is 164 g/mol. The monoisotopic (exact) mass is 185 g/mol. The molecule has 1 fully saturated rings. The normalized spacial score (nSPS) is 23.8. The van der Waals surface area contributed by atoms with E-state index in [-0.39, 0.29) is 12.1 Å². The largest absolute Gasteiger partial charge is 0.394 e. The van der Waals surface area contributed by atoms with Gasteiger partial charge in [0, 0.05) is 12.1 Å². The molecule has 1 heterocycles. The Morgan fingerprint density at radius 2 is 1.92 bits per heavy atom. The van der Waals surface area contributed by atoms with Crippen LogP contribution in [-0.4, -0.2) is 41.8 Å². The fourth-order valence-corrected chi connectivity index (χ4v) is 1.76. The fourth-order valence-electron chi connectivity index (χ4n) is 1.76. The van der Waals surface area contributed by atoms with Crippen LogP contribution >= 0.6 is 0 Å². The van der Waals surface area contributed by atoms with Crippen molar-refractivity contribution in [1.29, 1.82) is 0 Å². The first-order valence-electron chi connectivity index (χ1n) is 4.97. The summed E-state index contributed by atoms with van der Waals surface area (Å²) in [7, 11) is 0. The molecule has 1 saturated heterocycles. The van der Waals surface area contributed by atoms with Gasteiger partial charge < -0.3 is 15.7 Å². The molecule has 0 saturated carbocycles. The van der Waals surface area contributed by atoms with E-state index in [1.807, 2.05) is 0 Å². The van der Waals surface area contributed by atoms with Crippen LogP contribution in [0.3, 0.4) is 0 Å². The zero-order valence-electron chi connectivity index (χ0n) is 8.71. The van der Waals surface area contributed by atoms with Gasteiger partial charge in [-0.1, -0.05) is 13.8 Å². The number of piperidine rings is 1. The van der Waals surface area contributed by atoms with Gasteiger partial charge in [-0.05, 0) is 31.8 Å². The molecular formula is C10H21N2O. The molecule has 3 N–H and O–H groups in total. The maximum absolute atomic E-state index is 9.07. The van der Waals surface area contributed by atoms with E-state index in [0.717, 1.165) is 32.5 Å². The van der Waals surface area contributed by atoms with Crippen LogP contribution in [0.15, 0.2) is 0 Å². The zero-order valence-corrected chi connectivity index (χ0v) is 8.71. The summed E-state index contributed by atoms with van der Waals surface area (Å²) in [5.74, 6) is 1.44. The Labute approximate surface area is 80.9 Å². The van der Waals surface area contributed by atoms with Gasteiger partial charge in [0.05, 0.1) is 6.61 Å². The highest BCUT2D eigenvalue weighted by Gasteiger charge is 2.29. The summed E-state index contributed by atoms with van der Waals surface area (Å²) in [6.45, 7) is 7.52. The predicted octanol–water partition coefficient (Wildman–Crippen LogP) is 0.386. The van der Waals surface area contributed by atoms with Crippen molar-refractivity contribution in [2.45, 2.75) is 32.2 Å². The molecule has 77 valence electrons. The van der Waals surface area contributed by atoms with Crippen molar-refractivity contribution in [2.24, 2.45) is 5.73 Å². The fraction of sp³-hybridized carbons (Fsp3) is 0.900. The molecule has 0 bridgehead atoms. The van der Waals surface area contributed by atoms with E-state index in [4.69, 9.17) is 10.8 Å². The molecule has 0 spiro atoms. The number of rotatable bonds is 3. The highest BCUT2D eigenvalue weighted by Crippen LogP contribution is 2.19. The number of hydrogen-bond acceptors (Lipinski definition) is 3. The quantitative estimate of drug-likeness (QED) is 0.668. The number of nitrogens with two attached hydrogens (primary N) is 1. The van der Waals surface area contributed by atoms with Gasteiger partial charge >= 0.3 is 0 Å².